The average Bonchev–Trinajstić information content (AvgIpc) is 2.26. The molecule has 0 aromatic heterocycles. The molecule has 1 aliphatic rings. The summed E-state index contributed by atoms with van der Waals surface area (Å²) in [6, 6.07) is 4.82. The molecule has 1 nitrogen and oxygen atoms in total. The minimum atomic E-state index is -0.260. The molecule has 0 aliphatic heterocycles. The van der Waals surface area contributed by atoms with Crippen LogP contribution >= 0.6 is 11.6 Å². The van der Waals surface area contributed by atoms with E-state index in [4.69, 9.17) is 11.6 Å². The Labute approximate surface area is 120 Å². The van der Waals surface area contributed by atoms with E-state index < -0.39 is 0 Å². The van der Waals surface area contributed by atoms with Crippen LogP contribution in [0.4, 0.5) is 4.39 Å². The molecule has 0 amide bonds. The second kappa shape index (κ2) is 5.41. The molecule has 106 valence electrons. The summed E-state index contributed by atoms with van der Waals surface area (Å²) in [6.07, 6.45) is 3.32. The zero-order valence-electron chi connectivity index (χ0n) is 12.0. The van der Waals surface area contributed by atoms with Crippen LogP contribution < -0.4 is 5.32 Å². The highest BCUT2D eigenvalue weighted by molar-refractivity contribution is 6.31. The molecule has 0 atom stereocenters. The highest BCUT2D eigenvalue weighted by Crippen LogP contribution is 2.56. The maximum Gasteiger partial charge on any atom is 0.124 e. The first-order valence-corrected chi connectivity index (χ1v) is 7.43. The van der Waals surface area contributed by atoms with Crippen molar-refractivity contribution < 1.29 is 4.39 Å². The van der Waals surface area contributed by atoms with Gasteiger partial charge in [-0.1, -0.05) is 38.4 Å². The van der Waals surface area contributed by atoms with Crippen LogP contribution in [0.15, 0.2) is 18.2 Å². The number of hydrogen-bond acceptors (Lipinski definition) is 1. The van der Waals surface area contributed by atoms with E-state index in [-0.39, 0.29) is 11.2 Å². The molecule has 0 saturated heterocycles. The van der Waals surface area contributed by atoms with Gasteiger partial charge in [0.2, 0.25) is 0 Å². The predicted octanol–water partition coefficient (Wildman–Crippen LogP) is 4.54. The SMILES string of the molecule is CCCNCC1(c2ccc(F)cc2Cl)CC(C)(C)C1. The molecular weight excluding hydrogens is 261 g/mol. The third-order valence-corrected chi connectivity index (χ3v) is 4.34. The molecule has 3 heteroatoms. The number of hydrogen-bond donors (Lipinski definition) is 1. The van der Waals surface area contributed by atoms with Crippen molar-refractivity contribution in [2.45, 2.75) is 45.4 Å². The van der Waals surface area contributed by atoms with Crippen LogP contribution in [0.2, 0.25) is 5.02 Å². The summed E-state index contributed by atoms with van der Waals surface area (Å²) in [5.74, 6) is -0.260. The van der Waals surface area contributed by atoms with E-state index >= 15 is 0 Å². The van der Waals surface area contributed by atoms with E-state index in [0.29, 0.717) is 10.4 Å². The van der Waals surface area contributed by atoms with E-state index in [9.17, 15) is 4.39 Å². The topological polar surface area (TPSA) is 12.0 Å². The van der Waals surface area contributed by atoms with Crippen molar-refractivity contribution in [1.29, 1.82) is 0 Å². The summed E-state index contributed by atoms with van der Waals surface area (Å²) in [7, 11) is 0. The van der Waals surface area contributed by atoms with E-state index in [1.807, 2.05) is 6.07 Å². The van der Waals surface area contributed by atoms with Gasteiger partial charge >= 0.3 is 0 Å². The van der Waals surface area contributed by atoms with Gasteiger partial charge in [0.1, 0.15) is 5.82 Å². The molecule has 0 unspecified atom stereocenters. The fourth-order valence-corrected chi connectivity index (χ4v) is 3.98. The number of rotatable bonds is 5. The first kappa shape index (κ1) is 14.8. The predicted molar refractivity (Wildman–Crippen MR) is 79.3 cm³/mol. The summed E-state index contributed by atoms with van der Waals surface area (Å²) in [6.45, 7) is 8.66. The highest BCUT2D eigenvalue weighted by Gasteiger charge is 2.50. The van der Waals surface area contributed by atoms with Crippen LogP contribution in [0.5, 0.6) is 0 Å². The van der Waals surface area contributed by atoms with E-state index in [0.717, 1.165) is 37.9 Å². The van der Waals surface area contributed by atoms with Crippen molar-refractivity contribution in [3.63, 3.8) is 0 Å². The molecule has 0 heterocycles. The van der Waals surface area contributed by atoms with Crippen molar-refractivity contribution in [3.8, 4) is 0 Å². The molecule has 1 N–H and O–H groups in total. The minimum absolute atomic E-state index is 0.0729. The summed E-state index contributed by atoms with van der Waals surface area (Å²) in [5, 5.41) is 4.07. The van der Waals surface area contributed by atoms with Crippen molar-refractivity contribution in [2.75, 3.05) is 13.1 Å². The first-order valence-electron chi connectivity index (χ1n) is 7.05. The van der Waals surface area contributed by atoms with Crippen LogP contribution in [0.3, 0.4) is 0 Å². The van der Waals surface area contributed by atoms with Gasteiger partial charge in [0.05, 0.1) is 0 Å². The van der Waals surface area contributed by atoms with Crippen molar-refractivity contribution in [1.82, 2.24) is 5.32 Å². The van der Waals surface area contributed by atoms with Crippen molar-refractivity contribution >= 4 is 11.6 Å². The maximum atomic E-state index is 13.2. The summed E-state index contributed by atoms with van der Waals surface area (Å²) < 4.78 is 13.2. The molecule has 1 aliphatic carbocycles. The molecule has 19 heavy (non-hydrogen) atoms. The number of benzene rings is 1. The molecule has 1 saturated carbocycles. The normalized spacial score (nSPS) is 20.1. The summed E-state index contributed by atoms with van der Waals surface area (Å²) >= 11 is 6.26. The Bertz CT molecular complexity index is 448. The van der Waals surface area contributed by atoms with Gasteiger partial charge in [-0.15, -0.1) is 0 Å². The van der Waals surface area contributed by atoms with Crippen LogP contribution in [-0.2, 0) is 5.41 Å². The smallest absolute Gasteiger partial charge is 0.124 e. The Kier molecular flexibility index (Phi) is 4.22. The second-order valence-corrected chi connectivity index (χ2v) is 7.01. The molecule has 2 rings (SSSR count). The van der Waals surface area contributed by atoms with Crippen LogP contribution in [0.1, 0.15) is 45.6 Å². The quantitative estimate of drug-likeness (QED) is 0.783. The molecule has 0 spiro atoms. The Morgan fingerprint density at radius 3 is 2.53 bits per heavy atom. The Morgan fingerprint density at radius 1 is 1.32 bits per heavy atom. The van der Waals surface area contributed by atoms with E-state index in [1.165, 1.54) is 12.1 Å². The van der Waals surface area contributed by atoms with Gasteiger partial charge in [-0.3, -0.25) is 0 Å². The fourth-order valence-electron chi connectivity index (χ4n) is 3.62. The van der Waals surface area contributed by atoms with Crippen LogP contribution in [-0.4, -0.2) is 13.1 Å². The molecule has 0 bridgehead atoms. The maximum absolute atomic E-state index is 13.2. The summed E-state index contributed by atoms with van der Waals surface area (Å²) in [4.78, 5) is 0. The van der Waals surface area contributed by atoms with Gasteiger partial charge in [-0.25, -0.2) is 4.39 Å². The minimum Gasteiger partial charge on any atom is -0.316 e. The van der Waals surface area contributed by atoms with Crippen molar-refractivity contribution in [3.05, 3.63) is 34.6 Å². The van der Waals surface area contributed by atoms with Gasteiger partial charge in [0, 0.05) is 17.0 Å². The third-order valence-electron chi connectivity index (χ3n) is 4.03. The highest BCUT2D eigenvalue weighted by atomic mass is 35.5. The lowest BCUT2D eigenvalue weighted by Gasteiger charge is -2.54. The lowest BCUT2D eigenvalue weighted by Crippen LogP contribution is -2.52. The van der Waals surface area contributed by atoms with Crippen molar-refractivity contribution in [2.24, 2.45) is 5.41 Å². The molecule has 1 fully saturated rings. The Hall–Kier alpha value is -0.600. The van der Waals surface area contributed by atoms with E-state index in [2.05, 4.69) is 26.1 Å². The third kappa shape index (κ3) is 3.11. The lowest BCUT2D eigenvalue weighted by atomic mass is 9.52. The van der Waals surface area contributed by atoms with Crippen LogP contribution in [0.25, 0.3) is 0 Å². The standard InChI is InChI=1S/C16H23ClFN/c1-4-7-19-11-16(9-15(2,3)10-16)13-6-5-12(18)8-14(13)17/h5-6,8,19H,4,7,9-11H2,1-3H3. The average molecular weight is 284 g/mol. The molecule has 1 aromatic rings. The van der Waals surface area contributed by atoms with Gasteiger partial charge in [-0.2, -0.15) is 0 Å². The lowest BCUT2D eigenvalue weighted by molar-refractivity contribution is 0.0565. The Balaban J connectivity index is 2.23. The Morgan fingerprint density at radius 2 is 2.00 bits per heavy atom. The largest absolute Gasteiger partial charge is 0.316 e. The zero-order valence-corrected chi connectivity index (χ0v) is 12.8. The molecule has 1 aromatic carbocycles. The first-order chi connectivity index (χ1) is 8.88. The van der Waals surface area contributed by atoms with Gasteiger partial charge in [0.25, 0.3) is 0 Å². The molecule has 0 radical (unpaired) electrons. The number of nitrogens with one attached hydrogen (secondary N) is 1. The summed E-state index contributed by atoms with van der Waals surface area (Å²) in [5.41, 5.74) is 1.52. The van der Waals surface area contributed by atoms with Gasteiger partial charge in [0.15, 0.2) is 0 Å². The molecular formula is C16H23ClFN. The van der Waals surface area contributed by atoms with E-state index in [1.54, 1.807) is 0 Å². The zero-order chi connectivity index (χ0) is 14.1. The van der Waals surface area contributed by atoms with Gasteiger partial charge < -0.3 is 5.32 Å². The van der Waals surface area contributed by atoms with Crippen LogP contribution in [0, 0.1) is 11.2 Å². The second-order valence-electron chi connectivity index (χ2n) is 6.60. The number of halogens is 2. The monoisotopic (exact) mass is 283 g/mol. The fraction of sp³-hybridized carbons (Fsp3) is 0.625. The van der Waals surface area contributed by atoms with Gasteiger partial charge in [-0.05, 0) is 48.9 Å².